The fourth-order valence-electron chi connectivity index (χ4n) is 1.88. The van der Waals surface area contributed by atoms with Gasteiger partial charge in [-0.1, -0.05) is 19.1 Å². The van der Waals surface area contributed by atoms with Crippen LogP contribution in [0, 0.1) is 0 Å². The topological polar surface area (TPSA) is 65.5 Å². The summed E-state index contributed by atoms with van der Waals surface area (Å²) < 4.78 is 36.4. The number of halogens is 4. The van der Waals surface area contributed by atoms with Crippen LogP contribution in [-0.4, -0.2) is 37.7 Å². The highest BCUT2D eigenvalue weighted by atomic mass is 127. The Labute approximate surface area is 162 Å². The zero-order chi connectivity index (χ0) is 18.0. The number of aliphatic imine (C=N–C) groups is 1. The van der Waals surface area contributed by atoms with Gasteiger partial charge >= 0.3 is 6.18 Å². The Balaban J connectivity index is 0.00000576. The van der Waals surface area contributed by atoms with Crippen molar-refractivity contribution < 1.29 is 18.0 Å². The van der Waals surface area contributed by atoms with Crippen LogP contribution in [0.4, 0.5) is 18.9 Å². The van der Waals surface area contributed by atoms with Gasteiger partial charge in [-0.3, -0.25) is 4.79 Å². The van der Waals surface area contributed by atoms with E-state index in [1.165, 1.54) is 0 Å². The highest BCUT2D eigenvalue weighted by molar-refractivity contribution is 14.0. The second-order valence-corrected chi connectivity index (χ2v) is 5.09. The number of amides is 1. The number of carbonyl (C=O) groups excluding carboxylic acids is 1. The minimum absolute atomic E-state index is 0. The van der Waals surface area contributed by atoms with Gasteiger partial charge in [-0.15, -0.1) is 24.0 Å². The quantitative estimate of drug-likeness (QED) is 0.324. The molecule has 0 fully saturated rings. The Morgan fingerprint density at radius 2 is 1.92 bits per heavy atom. The first-order chi connectivity index (χ1) is 11.3. The molecule has 0 aliphatic carbocycles. The maximum atomic E-state index is 12.1. The molecule has 0 aromatic heterocycles. The van der Waals surface area contributed by atoms with E-state index in [-0.39, 0.29) is 48.9 Å². The predicted molar refractivity (Wildman–Crippen MR) is 105 cm³/mol. The van der Waals surface area contributed by atoms with Crippen molar-refractivity contribution in [3.05, 3.63) is 29.8 Å². The molecule has 0 aliphatic heterocycles. The summed E-state index contributed by atoms with van der Waals surface area (Å²) in [6.07, 6.45) is -4.34. The Bertz CT molecular complexity index is 565. The lowest BCUT2D eigenvalue weighted by atomic mass is 10.1. The van der Waals surface area contributed by atoms with Gasteiger partial charge in [-0.25, -0.2) is 4.99 Å². The molecule has 0 spiro atoms. The molecule has 0 unspecified atom stereocenters. The van der Waals surface area contributed by atoms with Gasteiger partial charge in [0.15, 0.2) is 5.96 Å². The number of benzene rings is 1. The van der Waals surface area contributed by atoms with Crippen molar-refractivity contribution in [1.29, 1.82) is 0 Å². The van der Waals surface area contributed by atoms with Crippen molar-refractivity contribution in [3.8, 4) is 0 Å². The van der Waals surface area contributed by atoms with Crippen LogP contribution in [-0.2, 0) is 11.2 Å². The number of hydrogen-bond donors (Lipinski definition) is 3. The fraction of sp³-hybridized carbons (Fsp3) is 0.500. The largest absolute Gasteiger partial charge is 0.390 e. The van der Waals surface area contributed by atoms with Crippen molar-refractivity contribution in [2.24, 2.45) is 4.99 Å². The van der Waals surface area contributed by atoms with Gasteiger partial charge in [-0.05, 0) is 31.0 Å². The van der Waals surface area contributed by atoms with E-state index in [1.54, 1.807) is 13.0 Å². The van der Waals surface area contributed by atoms with Gasteiger partial charge in [0.2, 0.25) is 5.91 Å². The number of nitrogens with one attached hydrogen (secondary N) is 3. The van der Waals surface area contributed by atoms with Crippen LogP contribution >= 0.6 is 24.0 Å². The van der Waals surface area contributed by atoms with Crippen molar-refractivity contribution in [3.63, 3.8) is 0 Å². The summed E-state index contributed by atoms with van der Waals surface area (Å²) in [5, 5.41) is 8.06. The average molecular weight is 472 g/mol. The van der Waals surface area contributed by atoms with Crippen molar-refractivity contribution in [2.75, 3.05) is 25.0 Å². The van der Waals surface area contributed by atoms with Crippen LogP contribution in [0.25, 0.3) is 0 Å². The van der Waals surface area contributed by atoms with E-state index >= 15 is 0 Å². The summed E-state index contributed by atoms with van der Waals surface area (Å²) in [6, 6.07) is 7.45. The monoisotopic (exact) mass is 472 g/mol. The molecule has 0 aliphatic rings. The van der Waals surface area contributed by atoms with Crippen molar-refractivity contribution in [2.45, 2.75) is 32.9 Å². The SMILES string of the molecule is CCNC(=NCC(=O)Nc1cccc(CC)c1)NCCC(F)(F)F.I. The molecule has 0 heterocycles. The minimum atomic E-state index is -4.23. The van der Waals surface area contributed by atoms with Crippen molar-refractivity contribution in [1.82, 2.24) is 10.6 Å². The Morgan fingerprint density at radius 1 is 1.20 bits per heavy atom. The normalized spacial score (nSPS) is 11.5. The zero-order valence-corrected chi connectivity index (χ0v) is 16.6. The lowest BCUT2D eigenvalue weighted by Crippen LogP contribution is -2.39. The van der Waals surface area contributed by atoms with E-state index in [2.05, 4.69) is 20.9 Å². The average Bonchev–Trinajstić information content (AvgIpc) is 2.51. The molecule has 9 heteroatoms. The molecule has 0 atom stereocenters. The molecule has 142 valence electrons. The molecule has 1 rings (SSSR count). The molecule has 0 saturated heterocycles. The second kappa shape index (κ2) is 11.9. The van der Waals surface area contributed by atoms with Crippen LogP contribution in [0.1, 0.15) is 25.8 Å². The van der Waals surface area contributed by atoms with E-state index in [9.17, 15) is 18.0 Å². The van der Waals surface area contributed by atoms with Crippen LogP contribution in [0.15, 0.2) is 29.3 Å². The molecule has 1 amide bonds. The summed E-state index contributed by atoms with van der Waals surface area (Å²) in [5.41, 5.74) is 1.77. The summed E-state index contributed by atoms with van der Waals surface area (Å²) in [4.78, 5) is 15.9. The highest BCUT2D eigenvalue weighted by Crippen LogP contribution is 2.18. The number of anilines is 1. The third-order valence-corrected chi connectivity index (χ3v) is 3.04. The van der Waals surface area contributed by atoms with Gasteiger partial charge in [0.05, 0.1) is 6.42 Å². The molecule has 0 radical (unpaired) electrons. The summed E-state index contributed by atoms with van der Waals surface area (Å²) >= 11 is 0. The zero-order valence-electron chi connectivity index (χ0n) is 14.2. The van der Waals surface area contributed by atoms with Gasteiger partial charge in [-0.2, -0.15) is 13.2 Å². The third-order valence-electron chi connectivity index (χ3n) is 3.04. The Morgan fingerprint density at radius 3 is 2.52 bits per heavy atom. The Kier molecular flexibility index (Phi) is 11.2. The van der Waals surface area contributed by atoms with Gasteiger partial charge < -0.3 is 16.0 Å². The lowest BCUT2D eigenvalue weighted by molar-refractivity contribution is -0.132. The number of alkyl halides is 3. The van der Waals surface area contributed by atoms with Crippen molar-refractivity contribution >= 4 is 41.5 Å². The minimum Gasteiger partial charge on any atom is -0.357 e. The van der Waals surface area contributed by atoms with E-state index in [4.69, 9.17) is 0 Å². The van der Waals surface area contributed by atoms with Crippen LogP contribution in [0.3, 0.4) is 0 Å². The smallest absolute Gasteiger partial charge is 0.357 e. The van der Waals surface area contributed by atoms with Gasteiger partial charge in [0.25, 0.3) is 0 Å². The molecule has 3 N–H and O–H groups in total. The molecule has 0 saturated carbocycles. The standard InChI is InChI=1S/C16H23F3N4O.HI/c1-3-12-6-5-7-13(10-12)23-14(24)11-22-15(20-4-2)21-9-8-16(17,18)19;/h5-7,10H,3-4,8-9,11H2,1-2H3,(H,23,24)(H2,20,21,22);1H. The summed E-state index contributed by atoms with van der Waals surface area (Å²) in [5.74, 6) is -0.157. The summed E-state index contributed by atoms with van der Waals surface area (Å²) in [6.45, 7) is 3.81. The highest BCUT2D eigenvalue weighted by Gasteiger charge is 2.26. The first kappa shape index (κ1) is 23.5. The maximum Gasteiger partial charge on any atom is 0.390 e. The molecule has 1 aromatic carbocycles. The van der Waals surface area contributed by atoms with E-state index < -0.39 is 12.6 Å². The molecule has 0 bridgehead atoms. The first-order valence-corrected chi connectivity index (χ1v) is 7.81. The number of hydrogen-bond acceptors (Lipinski definition) is 2. The maximum absolute atomic E-state index is 12.1. The van der Waals surface area contributed by atoms with E-state index in [1.807, 2.05) is 25.1 Å². The second-order valence-electron chi connectivity index (χ2n) is 5.09. The molecular weight excluding hydrogens is 448 g/mol. The number of nitrogens with zero attached hydrogens (tertiary/aromatic N) is 1. The fourth-order valence-corrected chi connectivity index (χ4v) is 1.88. The number of rotatable bonds is 7. The molecule has 25 heavy (non-hydrogen) atoms. The molecule has 5 nitrogen and oxygen atoms in total. The van der Waals surface area contributed by atoms with Crippen LogP contribution in [0.5, 0.6) is 0 Å². The number of carbonyl (C=O) groups is 1. The number of guanidine groups is 1. The van der Waals surface area contributed by atoms with E-state index in [0.717, 1.165) is 12.0 Å². The van der Waals surface area contributed by atoms with Gasteiger partial charge in [0.1, 0.15) is 6.54 Å². The third kappa shape index (κ3) is 10.8. The van der Waals surface area contributed by atoms with Crippen LogP contribution in [0.2, 0.25) is 0 Å². The van der Waals surface area contributed by atoms with E-state index in [0.29, 0.717) is 12.2 Å². The first-order valence-electron chi connectivity index (χ1n) is 7.81. The van der Waals surface area contributed by atoms with Crippen LogP contribution < -0.4 is 16.0 Å². The number of aryl methyl sites for hydroxylation is 1. The predicted octanol–water partition coefficient (Wildman–Crippen LogP) is 3.31. The lowest BCUT2D eigenvalue weighted by Gasteiger charge is -2.12. The van der Waals surface area contributed by atoms with Gasteiger partial charge in [0, 0.05) is 18.8 Å². The summed E-state index contributed by atoms with van der Waals surface area (Å²) in [7, 11) is 0. The Hall–Kier alpha value is -1.52. The molecule has 1 aromatic rings. The molecular formula is C16H24F3IN4O.